The van der Waals surface area contributed by atoms with Gasteiger partial charge in [-0.1, -0.05) is 64.7 Å². The Balaban J connectivity index is 0.00000578. The van der Waals surface area contributed by atoms with E-state index in [9.17, 15) is 25.9 Å². The molecule has 0 unspecified atom stereocenters. The zero-order valence-electron chi connectivity index (χ0n) is 21.0. The molecular formula is C24H32Na2O7S2. The first kappa shape index (κ1) is 35.1. The molecule has 0 aliphatic rings. The Hall–Kier alpha value is 0.0600. The van der Waals surface area contributed by atoms with Crippen LogP contribution in [-0.4, -0.2) is 25.9 Å². The monoisotopic (exact) mass is 542 g/mol. The maximum Gasteiger partial charge on any atom is 1.00 e. The molecule has 0 radical (unpaired) electrons. The van der Waals surface area contributed by atoms with Gasteiger partial charge in [-0.25, -0.2) is 16.8 Å². The zero-order valence-corrected chi connectivity index (χ0v) is 26.6. The number of ether oxygens (including phenoxy) is 1. The normalized spacial score (nSPS) is 11.4. The van der Waals surface area contributed by atoms with Gasteiger partial charge >= 0.3 is 59.1 Å². The minimum atomic E-state index is -4.60. The number of aryl methyl sites for hydroxylation is 1. The van der Waals surface area contributed by atoms with Crippen molar-refractivity contribution in [1.29, 1.82) is 0 Å². The predicted octanol–water partition coefficient (Wildman–Crippen LogP) is -0.241. The second-order valence-corrected chi connectivity index (χ2v) is 10.9. The van der Waals surface area contributed by atoms with Crippen LogP contribution < -0.4 is 63.9 Å². The SMILES string of the molecule is CCCCCCCCCCCCc1cc(S(=O)(=O)[O-])ccc1Oc1ccc(S(=O)(=O)[O-])cc1.[Na+].[Na+]. The van der Waals surface area contributed by atoms with Crippen LogP contribution in [-0.2, 0) is 26.7 Å². The molecule has 0 aliphatic heterocycles. The molecule has 0 heterocycles. The van der Waals surface area contributed by atoms with Gasteiger partial charge < -0.3 is 13.8 Å². The Morgan fingerprint density at radius 2 is 1.11 bits per heavy atom. The third kappa shape index (κ3) is 13.4. The molecule has 0 N–H and O–H groups in total. The molecule has 11 heteroatoms. The molecule has 0 aliphatic carbocycles. The molecule has 0 atom stereocenters. The van der Waals surface area contributed by atoms with E-state index in [0.29, 0.717) is 23.5 Å². The molecule has 35 heavy (non-hydrogen) atoms. The molecular weight excluding hydrogens is 510 g/mol. The first-order valence-corrected chi connectivity index (χ1v) is 14.3. The van der Waals surface area contributed by atoms with Gasteiger partial charge in [0.2, 0.25) is 0 Å². The molecule has 0 saturated heterocycles. The van der Waals surface area contributed by atoms with Crippen molar-refractivity contribution < 1.29 is 89.8 Å². The Morgan fingerprint density at radius 1 is 0.657 bits per heavy atom. The standard InChI is InChI=1S/C24H34O7S2.2Na/c1-2-3-4-5-6-7-8-9-10-11-12-20-19-23(33(28,29)30)17-18-24(20)31-21-13-15-22(16-14-21)32(25,26)27;;/h13-19H,2-12H2,1H3,(H,25,26,27)(H,28,29,30);;/q;2*+1/p-2. The molecule has 0 spiro atoms. The van der Waals surface area contributed by atoms with Gasteiger partial charge in [0, 0.05) is 0 Å². The van der Waals surface area contributed by atoms with Gasteiger partial charge in [0.1, 0.15) is 31.7 Å². The largest absolute Gasteiger partial charge is 1.00 e. The fraction of sp³-hybridized carbons (Fsp3) is 0.500. The van der Waals surface area contributed by atoms with Crippen LogP contribution in [0, 0.1) is 0 Å². The number of benzene rings is 2. The fourth-order valence-corrected chi connectivity index (χ4v) is 4.60. The van der Waals surface area contributed by atoms with Gasteiger partial charge in [0.25, 0.3) is 0 Å². The average Bonchev–Trinajstić information content (AvgIpc) is 2.75. The average molecular weight is 543 g/mol. The van der Waals surface area contributed by atoms with E-state index in [1.165, 1.54) is 75.3 Å². The van der Waals surface area contributed by atoms with Gasteiger partial charge in [-0.05, 0) is 60.9 Å². The van der Waals surface area contributed by atoms with E-state index in [2.05, 4.69) is 6.92 Å². The summed E-state index contributed by atoms with van der Waals surface area (Å²) in [7, 11) is -9.15. The van der Waals surface area contributed by atoms with Crippen LogP contribution in [0.25, 0.3) is 0 Å². The number of unbranched alkanes of at least 4 members (excludes halogenated alkanes) is 9. The van der Waals surface area contributed by atoms with E-state index in [0.717, 1.165) is 31.4 Å². The maximum atomic E-state index is 11.4. The van der Waals surface area contributed by atoms with E-state index >= 15 is 0 Å². The number of rotatable bonds is 15. The van der Waals surface area contributed by atoms with Crippen molar-refractivity contribution in [3.05, 3.63) is 48.0 Å². The number of hydrogen-bond donors (Lipinski definition) is 0. The molecule has 0 fully saturated rings. The molecule has 2 aromatic rings. The van der Waals surface area contributed by atoms with Crippen LogP contribution >= 0.6 is 0 Å². The molecule has 0 saturated carbocycles. The topological polar surface area (TPSA) is 124 Å². The summed E-state index contributed by atoms with van der Waals surface area (Å²) < 4.78 is 73.4. The second kappa shape index (κ2) is 17.5. The van der Waals surface area contributed by atoms with E-state index in [4.69, 9.17) is 4.74 Å². The van der Waals surface area contributed by atoms with Gasteiger partial charge in [-0.15, -0.1) is 0 Å². The Labute approximate surface area is 254 Å². The molecule has 0 aromatic heterocycles. The number of hydrogen-bond acceptors (Lipinski definition) is 7. The van der Waals surface area contributed by atoms with Gasteiger partial charge in [0.05, 0.1) is 9.79 Å². The van der Waals surface area contributed by atoms with Crippen molar-refractivity contribution in [1.82, 2.24) is 0 Å². The zero-order chi connectivity index (χ0) is 24.3. The summed E-state index contributed by atoms with van der Waals surface area (Å²) in [5.74, 6) is 0.681. The van der Waals surface area contributed by atoms with Crippen molar-refractivity contribution >= 4 is 20.2 Å². The minimum Gasteiger partial charge on any atom is -0.744 e. The Kier molecular flexibility index (Phi) is 17.6. The Morgan fingerprint density at radius 3 is 1.60 bits per heavy atom. The van der Waals surface area contributed by atoms with Crippen LogP contribution in [0.5, 0.6) is 11.5 Å². The van der Waals surface area contributed by atoms with Crippen molar-refractivity contribution in [2.24, 2.45) is 0 Å². The van der Waals surface area contributed by atoms with Crippen molar-refractivity contribution in [2.45, 2.75) is 87.3 Å². The van der Waals surface area contributed by atoms with E-state index in [-0.39, 0.29) is 68.9 Å². The fourth-order valence-electron chi connectivity index (χ4n) is 3.61. The maximum absolute atomic E-state index is 11.4. The first-order valence-electron chi connectivity index (χ1n) is 11.4. The van der Waals surface area contributed by atoms with E-state index in [1.807, 2.05) is 0 Å². The molecule has 0 amide bonds. The third-order valence-electron chi connectivity index (χ3n) is 5.46. The summed E-state index contributed by atoms with van der Waals surface area (Å²) in [5, 5.41) is 0. The van der Waals surface area contributed by atoms with Gasteiger partial charge in [-0.2, -0.15) is 0 Å². The van der Waals surface area contributed by atoms with Crippen molar-refractivity contribution in [2.75, 3.05) is 0 Å². The molecule has 0 bridgehead atoms. The summed E-state index contributed by atoms with van der Waals surface area (Å²) in [6.45, 7) is 2.20. The first-order chi connectivity index (χ1) is 15.6. The third-order valence-corrected chi connectivity index (χ3v) is 7.14. The molecule has 184 valence electrons. The van der Waals surface area contributed by atoms with Crippen LogP contribution in [0.1, 0.15) is 76.7 Å². The van der Waals surface area contributed by atoms with Crippen molar-refractivity contribution in [3.8, 4) is 11.5 Å². The van der Waals surface area contributed by atoms with Crippen LogP contribution in [0.3, 0.4) is 0 Å². The van der Waals surface area contributed by atoms with Crippen LogP contribution in [0.4, 0.5) is 0 Å². The second-order valence-electron chi connectivity index (χ2n) is 8.18. The minimum absolute atomic E-state index is 0. The van der Waals surface area contributed by atoms with Crippen molar-refractivity contribution in [3.63, 3.8) is 0 Å². The smallest absolute Gasteiger partial charge is 0.744 e. The van der Waals surface area contributed by atoms with Crippen LogP contribution in [0.15, 0.2) is 52.3 Å². The predicted molar refractivity (Wildman–Crippen MR) is 124 cm³/mol. The van der Waals surface area contributed by atoms with E-state index < -0.39 is 20.2 Å². The van der Waals surface area contributed by atoms with Crippen LogP contribution in [0.2, 0.25) is 0 Å². The summed E-state index contributed by atoms with van der Waals surface area (Å²) in [5.41, 5.74) is 0.590. The summed E-state index contributed by atoms with van der Waals surface area (Å²) in [4.78, 5) is -0.682. The summed E-state index contributed by atoms with van der Waals surface area (Å²) >= 11 is 0. The molecule has 2 rings (SSSR count). The quantitative estimate of drug-likeness (QED) is 0.173. The summed E-state index contributed by atoms with van der Waals surface area (Å²) in [6.07, 6.45) is 12.2. The molecule has 7 nitrogen and oxygen atoms in total. The van der Waals surface area contributed by atoms with Gasteiger partial charge in [0.15, 0.2) is 0 Å². The van der Waals surface area contributed by atoms with E-state index in [1.54, 1.807) is 0 Å². The summed E-state index contributed by atoms with van der Waals surface area (Å²) in [6, 6.07) is 8.96. The Bertz CT molecular complexity index is 1090. The molecule has 2 aromatic carbocycles. The van der Waals surface area contributed by atoms with Gasteiger partial charge in [-0.3, -0.25) is 0 Å².